The molecule has 1 amide bonds. The van der Waals surface area contributed by atoms with Crippen LogP contribution in [0.25, 0.3) is 0 Å². The summed E-state index contributed by atoms with van der Waals surface area (Å²) in [6, 6.07) is 9.90. The Hall–Kier alpha value is -1.90. The molecule has 1 saturated heterocycles. The van der Waals surface area contributed by atoms with Crippen LogP contribution >= 0.6 is 15.9 Å². The minimum absolute atomic E-state index is 0.109. The van der Waals surface area contributed by atoms with Crippen molar-refractivity contribution in [1.29, 1.82) is 0 Å². The minimum atomic E-state index is -3.66. The van der Waals surface area contributed by atoms with E-state index in [0.717, 1.165) is 35.7 Å². The molecule has 0 atom stereocenters. The molecule has 8 heteroatoms. The van der Waals surface area contributed by atoms with Gasteiger partial charge in [-0.2, -0.15) is 4.31 Å². The van der Waals surface area contributed by atoms with Gasteiger partial charge in [0.1, 0.15) is 5.75 Å². The maximum atomic E-state index is 13.1. The molecule has 0 bridgehead atoms. The maximum absolute atomic E-state index is 13.1. The Bertz CT molecular complexity index is 1000. The second-order valence-electron chi connectivity index (χ2n) is 7.10. The molecular weight excluding hydrogens is 456 g/mol. The van der Waals surface area contributed by atoms with Gasteiger partial charge in [-0.1, -0.05) is 28.8 Å². The number of ether oxygens (including phenoxy) is 1. The standard InChI is InChI=1S/C21H25BrN2O4S/c1-15-13-16(7-9-19(15)22)23-21(25)18-14-17(8-10-20(18)28-2)29(26,27)24-11-5-3-4-6-12-24/h7-10,13-14H,3-6,11-12H2,1-2H3,(H,23,25). The van der Waals surface area contributed by atoms with Crippen molar-refractivity contribution < 1.29 is 17.9 Å². The van der Waals surface area contributed by atoms with Crippen LogP contribution in [-0.2, 0) is 10.0 Å². The van der Waals surface area contributed by atoms with E-state index >= 15 is 0 Å². The topological polar surface area (TPSA) is 75.7 Å². The monoisotopic (exact) mass is 480 g/mol. The summed E-state index contributed by atoms with van der Waals surface area (Å²) >= 11 is 3.43. The number of rotatable bonds is 5. The molecule has 1 fully saturated rings. The van der Waals surface area contributed by atoms with Gasteiger partial charge in [-0.05, 0) is 61.7 Å². The van der Waals surface area contributed by atoms with Gasteiger partial charge in [0.15, 0.2) is 0 Å². The first-order chi connectivity index (χ1) is 13.8. The lowest BCUT2D eigenvalue weighted by atomic mass is 10.1. The number of nitrogens with one attached hydrogen (secondary N) is 1. The third-order valence-electron chi connectivity index (χ3n) is 5.03. The highest BCUT2D eigenvalue weighted by atomic mass is 79.9. The smallest absolute Gasteiger partial charge is 0.259 e. The highest BCUT2D eigenvalue weighted by Gasteiger charge is 2.27. The molecule has 1 N–H and O–H groups in total. The number of carbonyl (C=O) groups excluding carboxylic acids is 1. The first kappa shape index (κ1) is 21.8. The van der Waals surface area contributed by atoms with Crippen LogP contribution < -0.4 is 10.1 Å². The fraction of sp³-hybridized carbons (Fsp3) is 0.381. The Kier molecular flexibility index (Phi) is 6.97. The van der Waals surface area contributed by atoms with E-state index in [0.29, 0.717) is 24.5 Å². The number of hydrogen-bond acceptors (Lipinski definition) is 4. The lowest BCUT2D eigenvalue weighted by Crippen LogP contribution is -2.32. The van der Waals surface area contributed by atoms with Crippen molar-refractivity contribution >= 4 is 37.5 Å². The SMILES string of the molecule is COc1ccc(S(=O)(=O)N2CCCCCC2)cc1C(=O)Nc1ccc(Br)c(C)c1. The summed E-state index contributed by atoms with van der Waals surface area (Å²) in [5.74, 6) is -0.0948. The number of halogens is 1. The molecule has 1 heterocycles. The largest absolute Gasteiger partial charge is 0.496 e. The van der Waals surface area contributed by atoms with E-state index in [1.54, 1.807) is 6.07 Å². The van der Waals surface area contributed by atoms with Crippen LogP contribution in [0.1, 0.15) is 41.6 Å². The van der Waals surface area contributed by atoms with Gasteiger partial charge in [-0.25, -0.2) is 8.42 Å². The van der Waals surface area contributed by atoms with E-state index in [9.17, 15) is 13.2 Å². The molecule has 156 valence electrons. The summed E-state index contributed by atoms with van der Waals surface area (Å²) in [4.78, 5) is 13.0. The van der Waals surface area contributed by atoms with E-state index < -0.39 is 15.9 Å². The van der Waals surface area contributed by atoms with Gasteiger partial charge >= 0.3 is 0 Å². The zero-order chi connectivity index (χ0) is 21.0. The molecule has 0 radical (unpaired) electrons. The molecule has 0 unspecified atom stereocenters. The summed E-state index contributed by atoms with van der Waals surface area (Å²) in [5.41, 5.74) is 1.79. The van der Waals surface area contributed by atoms with Crippen molar-refractivity contribution in [1.82, 2.24) is 4.31 Å². The van der Waals surface area contributed by atoms with Gasteiger partial charge in [0.05, 0.1) is 17.6 Å². The second kappa shape index (κ2) is 9.28. The molecular formula is C21H25BrN2O4S. The molecule has 0 saturated carbocycles. The van der Waals surface area contributed by atoms with Crippen molar-refractivity contribution in [3.8, 4) is 5.75 Å². The van der Waals surface area contributed by atoms with Crippen molar-refractivity contribution in [2.45, 2.75) is 37.5 Å². The molecule has 0 spiro atoms. The fourth-order valence-electron chi connectivity index (χ4n) is 3.38. The predicted octanol–water partition coefficient (Wildman–Crippen LogP) is 4.58. The number of nitrogens with zero attached hydrogens (tertiary/aromatic N) is 1. The molecule has 0 aliphatic carbocycles. The Labute approximate surface area is 180 Å². The molecule has 1 aliphatic heterocycles. The van der Waals surface area contributed by atoms with Crippen LogP contribution in [0.3, 0.4) is 0 Å². The van der Waals surface area contributed by atoms with E-state index in [2.05, 4.69) is 21.2 Å². The molecule has 2 aromatic carbocycles. The lowest BCUT2D eigenvalue weighted by Gasteiger charge is -2.20. The number of anilines is 1. The Morgan fingerprint density at radius 2 is 1.76 bits per heavy atom. The van der Waals surface area contributed by atoms with Gasteiger partial charge in [0, 0.05) is 23.2 Å². The summed E-state index contributed by atoms with van der Waals surface area (Å²) in [6.07, 6.45) is 3.78. The first-order valence-corrected chi connectivity index (χ1v) is 11.8. The maximum Gasteiger partial charge on any atom is 0.259 e. The van der Waals surface area contributed by atoms with Crippen molar-refractivity contribution in [3.63, 3.8) is 0 Å². The molecule has 29 heavy (non-hydrogen) atoms. The van der Waals surface area contributed by atoms with Crippen molar-refractivity contribution in [2.24, 2.45) is 0 Å². The quantitative estimate of drug-likeness (QED) is 0.678. The summed E-state index contributed by atoms with van der Waals surface area (Å²) in [5, 5.41) is 2.82. The number of methoxy groups -OCH3 is 1. The minimum Gasteiger partial charge on any atom is -0.496 e. The number of amides is 1. The van der Waals surface area contributed by atoms with E-state index in [1.807, 2.05) is 19.1 Å². The normalized spacial score (nSPS) is 15.6. The molecule has 3 rings (SSSR count). The zero-order valence-corrected chi connectivity index (χ0v) is 19.0. The Morgan fingerprint density at radius 1 is 1.07 bits per heavy atom. The second-order valence-corrected chi connectivity index (χ2v) is 9.89. The average Bonchev–Trinajstić information content (AvgIpc) is 3.00. The fourth-order valence-corrected chi connectivity index (χ4v) is 5.17. The number of benzene rings is 2. The third-order valence-corrected chi connectivity index (χ3v) is 7.82. The Balaban J connectivity index is 1.91. The van der Waals surface area contributed by atoms with Crippen LogP contribution in [0.15, 0.2) is 45.8 Å². The van der Waals surface area contributed by atoms with Crippen molar-refractivity contribution in [3.05, 3.63) is 52.0 Å². The predicted molar refractivity (Wildman–Crippen MR) is 117 cm³/mol. The van der Waals surface area contributed by atoms with Crippen LogP contribution in [0.4, 0.5) is 5.69 Å². The number of aryl methyl sites for hydroxylation is 1. The summed E-state index contributed by atoms with van der Waals surface area (Å²) in [7, 11) is -2.20. The summed E-state index contributed by atoms with van der Waals surface area (Å²) < 4.78 is 34.0. The average molecular weight is 481 g/mol. The van der Waals surface area contributed by atoms with Crippen molar-refractivity contribution in [2.75, 3.05) is 25.5 Å². The van der Waals surface area contributed by atoms with Gasteiger partial charge in [0.2, 0.25) is 10.0 Å². The van der Waals surface area contributed by atoms with Crippen LogP contribution in [-0.4, -0.2) is 38.8 Å². The third kappa shape index (κ3) is 4.99. The van der Waals surface area contributed by atoms with Gasteiger partial charge < -0.3 is 10.1 Å². The molecule has 0 aromatic heterocycles. The number of carbonyl (C=O) groups is 1. The van der Waals surface area contributed by atoms with E-state index in [-0.39, 0.29) is 10.5 Å². The van der Waals surface area contributed by atoms with Gasteiger partial charge in [-0.3, -0.25) is 4.79 Å². The molecule has 2 aromatic rings. The summed E-state index contributed by atoms with van der Waals surface area (Å²) in [6.45, 7) is 2.94. The first-order valence-electron chi connectivity index (χ1n) is 9.58. The highest BCUT2D eigenvalue weighted by Crippen LogP contribution is 2.27. The highest BCUT2D eigenvalue weighted by molar-refractivity contribution is 9.10. The van der Waals surface area contributed by atoms with E-state index in [1.165, 1.54) is 29.6 Å². The Morgan fingerprint density at radius 3 is 2.38 bits per heavy atom. The van der Waals surface area contributed by atoms with Crippen LogP contribution in [0.2, 0.25) is 0 Å². The molecule has 1 aliphatic rings. The van der Waals surface area contributed by atoms with Crippen LogP contribution in [0.5, 0.6) is 5.75 Å². The number of hydrogen-bond donors (Lipinski definition) is 1. The van der Waals surface area contributed by atoms with Gasteiger partial charge in [-0.15, -0.1) is 0 Å². The van der Waals surface area contributed by atoms with E-state index in [4.69, 9.17) is 4.74 Å². The van der Waals surface area contributed by atoms with Crippen LogP contribution in [0, 0.1) is 6.92 Å². The number of sulfonamides is 1. The zero-order valence-electron chi connectivity index (χ0n) is 16.6. The lowest BCUT2D eigenvalue weighted by molar-refractivity contribution is 0.102. The van der Waals surface area contributed by atoms with Gasteiger partial charge in [0.25, 0.3) is 5.91 Å². The molecule has 6 nitrogen and oxygen atoms in total.